The molecule has 0 fully saturated rings. The second kappa shape index (κ2) is 9.77. The number of para-hydroxylation sites is 2. The van der Waals surface area contributed by atoms with Crippen LogP contribution in [0.15, 0.2) is 84.3 Å². The van der Waals surface area contributed by atoms with E-state index in [0.717, 1.165) is 16.8 Å². The molecule has 1 amide bonds. The highest BCUT2D eigenvalue weighted by Crippen LogP contribution is 2.47. The van der Waals surface area contributed by atoms with Crippen LogP contribution < -0.4 is 10.2 Å². The number of nitrogens with zero attached hydrogens (tertiary/aromatic N) is 2. The van der Waals surface area contributed by atoms with Crippen molar-refractivity contribution >= 4 is 29.0 Å². The number of pyridine rings is 1. The number of Topliss-reactive ketones (excluding diaryl/α,β-unsaturated/α-hetero) is 1. The molecule has 7 heteroatoms. The zero-order valence-corrected chi connectivity index (χ0v) is 20.0. The molecular formula is C29H27N3O4. The van der Waals surface area contributed by atoms with Crippen LogP contribution in [0.5, 0.6) is 0 Å². The lowest BCUT2D eigenvalue weighted by Crippen LogP contribution is -2.38. The van der Waals surface area contributed by atoms with E-state index < -0.39 is 12.0 Å². The number of rotatable bonds is 5. The van der Waals surface area contributed by atoms with Gasteiger partial charge in [-0.2, -0.15) is 0 Å². The summed E-state index contributed by atoms with van der Waals surface area (Å²) in [5.74, 6) is -1.42. The minimum Gasteiger partial charge on any atom is -0.481 e. The smallest absolute Gasteiger partial charge is 0.303 e. The Morgan fingerprint density at radius 2 is 1.78 bits per heavy atom. The molecule has 3 aromatic rings. The molecule has 2 aromatic carbocycles. The van der Waals surface area contributed by atoms with Gasteiger partial charge in [-0.1, -0.05) is 48.0 Å². The van der Waals surface area contributed by atoms with Crippen molar-refractivity contribution in [3.63, 3.8) is 0 Å². The van der Waals surface area contributed by atoms with Crippen LogP contribution in [-0.2, 0) is 14.4 Å². The first-order chi connectivity index (χ1) is 17.4. The Bertz CT molecular complexity index is 1350. The summed E-state index contributed by atoms with van der Waals surface area (Å²) in [5, 5.41) is 12.7. The van der Waals surface area contributed by atoms with Gasteiger partial charge in [0.2, 0.25) is 5.91 Å². The largest absolute Gasteiger partial charge is 0.481 e. The number of hydrogen-bond donors (Lipinski definition) is 2. The average molecular weight is 482 g/mol. The molecule has 5 rings (SSSR count). The predicted octanol–water partition coefficient (Wildman–Crippen LogP) is 5.16. The highest BCUT2D eigenvalue weighted by Gasteiger charge is 2.41. The van der Waals surface area contributed by atoms with E-state index in [2.05, 4.69) is 34.6 Å². The molecule has 2 heterocycles. The summed E-state index contributed by atoms with van der Waals surface area (Å²) in [4.78, 5) is 44.5. The molecule has 2 aliphatic rings. The van der Waals surface area contributed by atoms with Gasteiger partial charge in [-0.05, 0) is 48.6 Å². The van der Waals surface area contributed by atoms with E-state index in [1.165, 1.54) is 0 Å². The number of nitrogens with one attached hydrogen (secondary N) is 1. The number of anilines is 2. The Kier molecular flexibility index (Phi) is 6.38. The maximum atomic E-state index is 13.9. The second-order valence-corrected chi connectivity index (χ2v) is 9.32. The van der Waals surface area contributed by atoms with Gasteiger partial charge in [-0.15, -0.1) is 0 Å². The maximum absolute atomic E-state index is 13.9. The fraction of sp³-hybridized carbons (Fsp3) is 0.241. The highest BCUT2D eigenvalue weighted by atomic mass is 16.4. The fourth-order valence-electron chi connectivity index (χ4n) is 5.13. The Balaban J connectivity index is 1.66. The van der Waals surface area contributed by atoms with Crippen molar-refractivity contribution in [3.05, 3.63) is 101 Å². The molecule has 0 saturated heterocycles. The number of aromatic nitrogens is 1. The molecule has 7 nitrogen and oxygen atoms in total. The molecule has 182 valence electrons. The molecule has 1 aromatic heterocycles. The Morgan fingerprint density at radius 3 is 2.50 bits per heavy atom. The maximum Gasteiger partial charge on any atom is 0.303 e. The number of carbonyl (C=O) groups excluding carboxylic acids is 2. The van der Waals surface area contributed by atoms with Gasteiger partial charge in [-0.3, -0.25) is 24.3 Å². The summed E-state index contributed by atoms with van der Waals surface area (Å²) >= 11 is 0. The summed E-state index contributed by atoms with van der Waals surface area (Å²) in [6.45, 7) is 2.04. The molecule has 0 bridgehead atoms. The van der Waals surface area contributed by atoms with E-state index in [1.54, 1.807) is 23.4 Å². The summed E-state index contributed by atoms with van der Waals surface area (Å²) < 4.78 is 0. The first kappa shape index (κ1) is 23.5. The number of fused-ring (bicyclic) bond motifs is 1. The number of carboxylic acid groups (broad SMARTS) is 1. The summed E-state index contributed by atoms with van der Waals surface area (Å²) in [6.07, 6.45) is 3.79. The monoisotopic (exact) mass is 481 g/mol. The van der Waals surface area contributed by atoms with E-state index in [9.17, 15) is 19.5 Å². The Morgan fingerprint density at radius 1 is 1.00 bits per heavy atom. The molecule has 0 saturated carbocycles. The lowest BCUT2D eigenvalue weighted by molar-refractivity contribution is -0.138. The summed E-state index contributed by atoms with van der Waals surface area (Å²) in [6, 6.07) is 18.6. The summed E-state index contributed by atoms with van der Waals surface area (Å²) in [7, 11) is 0. The van der Waals surface area contributed by atoms with E-state index in [1.807, 2.05) is 37.3 Å². The third-order valence-electron chi connectivity index (χ3n) is 6.86. The van der Waals surface area contributed by atoms with Crippen molar-refractivity contribution in [1.82, 2.24) is 4.98 Å². The third kappa shape index (κ3) is 4.52. The average Bonchev–Trinajstić information content (AvgIpc) is 3.03. The molecular weight excluding hydrogens is 454 g/mol. The van der Waals surface area contributed by atoms with Crippen LogP contribution in [-0.4, -0.2) is 27.8 Å². The zero-order chi connectivity index (χ0) is 25.2. The molecule has 1 aliphatic carbocycles. The van der Waals surface area contributed by atoms with Crippen LogP contribution in [0, 0.1) is 6.92 Å². The molecule has 2 N–H and O–H groups in total. The van der Waals surface area contributed by atoms with Gasteiger partial charge in [0.25, 0.3) is 0 Å². The summed E-state index contributed by atoms with van der Waals surface area (Å²) in [5.41, 5.74) is 5.60. The minimum absolute atomic E-state index is 0.0142. The van der Waals surface area contributed by atoms with Crippen LogP contribution in [0.1, 0.15) is 54.3 Å². The fourth-order valence-corrected chi connectivity index (χ4v) is 5.13. The standard InChI is InChI=1S/C29H27N3O4/c1-18-8-10-19(11-9-18)21-15-23-28(25(33)16-21)29(20-5-4-14-30-17-20)32(26(34)12-13-27(35)36)24-7-3-2-6-22(24)31-23/h2-11,14,17,21,29,31H,12-13,15-16H2,1H3,(H,35,36)/t21-,29-/m1/s1. The van der Waals surface area contributed by atoms with Crippen LogP contribution in [0.2, 0.25) is 0 Å². The van der Waals surface area contributed by atoms with Gasteiger partial charge < -0.3 is 10.4 Å². The third-order valence-corrected chi connectivity index (χ3v) is 6.86. The van der Waals surface area contributed by atoms with Crippen molar-refractivity contribution in [3.8, 4) is 0 Å². The van der Waals surface area contributed by atoms with E-state index >= 15 is 0 Å². The first-order valence-electron chi connectivity index (χ1n) is 12.0. The lowest BCUT2D eigenvalue weighted by Gasteiger charge is -2.35. The zero-order valence-electron chi connectivity index (χ0n) is 20.0. The minimum atomic E-state index is -1.04. The molecule has 0 unspecified atom stereocenters. The van der Waals surface area contributed by atoms with Crippen molar-refractivity contribution in [2.75, 3.05) is 10.2 Å². The quantitative estimate of drug-likeness (QED) is 0.523. The Labute approximate surface area is 209 Å². The number of allylic oxidation sites excluding steroid dienone is 1. The highest BCUT2D eigenvalue weighted by molar-refractivity contribution is 6.06. The molecule has 1 aliphatic heterocycles. The van der Waals surface area contributed by atoms with E-state index in [4.69, 9.17) is 0 Å². The van der Waals surface area contributed by atoms with Gasteiger partial charge in [0.05, 0.1) is 23.8 Å². The van der Waals surface area contributed by atoms with Gasteiger partial charge in [-0.25, -0.2) is 0 Å². The number of aliphatic carboxylic acids is 1. The molecule has 2 atom stereocenters. The number of aryl methyl sites for hydroxylation is 1. The van der Waals surface area contributed by atoms with Crippen LogP contribution in [0.25, 0.3) is 0 Å². The number of amides is 1. The lowest BCUT2D eigenvalue weighted by atomic mass is 9.78. The Hall–Kier alpha value is -4.26. The number of hydrogen-bond acceptors (Lipinski definition) is 5. The van der Waals surface area contributed by atoms with Gasteiger partial charge >= 0.3 is 5.97 Å². The van der Waals surface area contributed by atoms with Crippen molar-refractivity contribution < 1.29 is 19.5 Å². The van der Waals surface area contributed by atoms with Crippen molar-refractivity contribution in [1.29, 1.82) is 0 Å². The van der Waals surface area contributed by atoms with Crippen molar-refractivity contribution in [2.45, 2.75) is 44.6 Å². The van der Waals surface area contributed by atoms with Gasteiger partial charge in [0.15, 0.2) is 5.78 Å². The van der Waals surface area contributed by atoms with Crippen LogP contribution in [0.4, 0.5) is 11.4 Å². The normalized spacial score (nSPS) is 19.1. The number of carbonyl (C=O) groups is 3. The number of carboxylic acids is 1. The number of benzene rings is 2. The molecule has 0 radical (unpaired) electrons. The van der Waals surface area contributed by atoms with Crippen molar-refractivity contribution in [2.24, 2.45) is 0 Å². The molecule has 36 heavy (non-hydrogen) atoms. The molecule has 0 spiro atoms. The van der Waals surface area contributed by atoms with Gasteiger partial charge in [0, 0.05) is 36.5 Å². The topological polar surface area (TPSA) is 99.6 Å². The second-order valence-electron chi connectivity index (χ2n) is 9.32. The predicted molar refractivity (Wildman–Crippen MR) is 137 cm³/mol. The van der Waals surface area contributed by atoms with E-state index in [-0.39, 0.29) is 30.4 Å². The number of ketones is 1. The first-order valence-corrected chi connectivity index (χ1v) is 12.0. The van der Waals surface area contributed by atoms with Gasteiger partial charge in [0.1, 0.15) is 0 Å². The van der Waals surface area contributed by atoms with Crippen LogP contribution >= 0.6 is 0 Å². The SMILES string of the molecule is Cc1ccc([C@H]2CC(=O)C3=C(C2)Nc2ccccc2N(C(=O)CCC(=O)O)[C@@H]3c2cccnc2)cc1. The van der Waals surface area contributed by atoms with E-state index in [0.29, 0.717) is 35.4 Å². The van der Waals surface area contributed by atoms with Crippen LogP contribution in [0.3, 0.4) is 0 Å².